The number of benzene rings is 2. The molecule has 2 aromatic carbocycles. The number of β-amino-alcohol motifs (C(OH)–C–C–N with tert-alkyl or cyclic N) is 1. The van der Waals surface area contributed by atoms with Gasteiger partial charge in [-0.15, -0.1) is 0 Å². The summed E-state index contributed by atoms with van der Waals surface area (Å²) in [7, 11) is -6.23. The van der Waals surface area contributed by atoms with E-state index in [-0.39, 0.29) is 22.8 Å². The topological polar surface area (TPSA) is 133 Å². The Hall–Kier alpha value is -2.51. The lowest BCUT2D eigenvalue weighted by Crippen LogP contribution is -2.43. The summed E-state index contributed by atoms with van der Waals surface area (Å²) in [4.78, 5) is 13.0. The number of carbonyl (C=O) groups is 1. The SMILES string of the molecule is CCN(CC)S(=O)(=O)c1ccc(NC(=O)[C@H]2C[C@H](O)CN2S(=O)(=O)c2ccc(OC)cc2)cc1. The van der Waals surface area contributed by atoms with Crippen molar-refractivity contribution >= 4 is 31.6 Å². The first kappa shape index (κ1) is 26.1. The second-order valence-corrected chi connectivity index (χ2v) is 11.6. The molecule has 2 aromatic rings. The first-order valence-corrected chi connectivity index (χ1v) is 13.7. The van der Waals surface area contributed by atoms with Crippen LogP contribution in [0.3, 0.4) is 0 Å². The average Bonchev–Trinajstić information content (AvgIpc) is 3.23. The number of anilines is 1. The molecular formula is C22H29N3O7S2. The Kier molecular flexibility index (Phi) is 7.98. The molecule has 2 atom stereocenters. The van der Waals surface area contributed by atoms with Gasteiger partial charge in [-0.2, -0.15) is 8.61 Å². The van der Waals surface area contributed by atoms with Crippen LogP contribution >= 0.6 is 0 Å². The zero-order chi connectivity index (χ0) is 25.1. The Bertz CT molecular complexity index is 1210. The first-order chi connectivity index (χ1) is 16.0. The van der Waals surface area contributed by atoms with Gasteiger partial charge in [-0.1, -0.05) is 13.8 Å². The highest BCUT2D eigenvalue weighted by Gasteiger charge is 2.43. The number of carbonyl (C=O) groups excluding carboxylic acids is 1. The van der Waals surface area contributed by atoms with Crippen LogP contribution in [0.5, 0.6) is 5.75 Å². The quantitative estimate of drug-likeness (QED) is 0.521. The summed E-state index contributed by atoms with van der Waals surface area (Å²) in [5.74, 6) is -0.130. The maximum absolute atomic E-state index is 13.1. The minimum atomic E-state index is -4.05. The van der Waals surface area contributed by atoms with Gasteiger partial charge in [0.1, 0.15) is 11.8 Å². The normalized spacial score (nSPS) is 19.3. The molecule has 1 heterocycles. The number of methoxy groups -OCH3 is 1. The van der Waals surface area contributed by atoms with E-state index < -0.39 is 38.1 Å². The number of hydrogen-bond donors (Lipinski definition) is 2. The van der Waals surface area contributed by atoms with Crippen molar-refractivity contribution in [3.05, 3.63) is 48.5 Å². The van der Waals surface area contributed by atoms with Gasteiger partial charge in [-0.25, -0.2) is 16.8 Å². The highest BCUT2D eigenvalue weighted by molar-refractivity contribution is 7.89. The standard InChI is InChI=1S/C22H29N3O7S2/c1-4-24(5-2)33(28,29)19-10-6-16(7-11-19)23-22(27)21-14-17(26)15-25(21)34(30,31)20-12-8-18(32-3)9-13-20/h6-13,17,21,26H,4-5,14-15H2,1-3H3,(H,23,27)/t17-,21+/m0/s1. The Labute approximate surface area is 200 Å². The van der Waals surface area contributed by atoms with Gasteiger partial charge in [-0.3, -0.25) is 4.79 Å². The first-order valence-electron chi connectivity index (χ1n) is 10.8. The molecule has 0 saturated carbocycles. The molecular weight excluding hydrogens is 482 g/mol. The Morgan fingerprint density at radius 1 is 1.03 bits per heavy atom. The fraction of sp³-hybridized carbons (Fsp3) is 0.409. The van der Waals surface area contributed by atoms with Gasteiger partial charge < -0.3 is 15.2 Å². The number of nitrogens with one attached hydrogen (secondary N) is 1. The molecule has 3 rings (SSSR count). The summed E-state index contributed by atoms with van der Waals surface area (Å²) < 4.78 is 58.9. The second-order valence-electron chi connectivity index (χ2n) is 7.76. The highest BCUT2D eigenvalue weighted by atomic mass is 32.2. The van der Waals surface area contributed by atoms with Crippen molar-refractivity contribution in [2.45, 2.75) is 42.2 Å². The molecule has 0 aliphatic carbocycles. The molecule has 2 N–H and O–H groups in total. The van der Waals surface area contributed by atoms with Crippen molar-refractivity contribution < 1.29 is 31.5 Å². The molecule has 10 nitrogen and oxygen atoms in total. The van der Waals surface area contributed by atoms with Crippen molar-refractivity contribution in [3.8, 4) is 5.75 Å². The summed E-state index contributed by atoms with van der Waals surface area (Å²) in [6.07, 6.45) is -1.05. The number of aliphatic hydroxyl groups is 1. The van der Waals surface area contributed by atoms with Crippen molar-refractivity contribution in [1.29, 1.82) is 0 Å². The third-order valence-electron chi connectivity index (χ3n) is 5.67. The van der Waals surface area contributed by atoms with Crippen LogP contribution in [-0.4, -0.2) is 75.3 Å². The predicted octanol–water partition coefficient (Wildman–Crippen LogP) is 1.49. The summed E-state index contributed by atoms with van der Waals surface area (Å²) in [6, 6.07) is 10.3. The van der Waals surface area contributed by atoms with Gasteiger partial charge in [0.2, 0.25) is 26.0 Å². The largest absolute Gasteiger partial charge is 0.497 e. The van der Waals surface area contributed by atoms with Gasteiger partial charge >= 0.3 is 0 Å². The molecule has 1 fully saturated rings. The molecule has 0 unspecified atom stereocenters. The predicted molar refractivity (Wildman–Crippen MR) is 126 cm³/mol. The van der Waals surface area contributed by atoms with Crippen molar-refractivity contribution in [3.63, 3.8) is 0 Å². The number of amides is 1. The van der Waals surface area contributed by atoms with Crippen LogP contribution in [0.2, 0.25) is 0 Å². The molecule has 1 aliphatic heterocycles. The summed E-state index contributed by atoms with van der Waals surface area (Å²) in [5, 5.41) is 12.8. The summed E-state index contributed by atoms with van der Waals surface area (Å²) in [6.45, 7) is 3.95. The second kappa shape index (κ2) is 10.4. The van der Waals surface area contributed by atoms with E-state index in [1.165, 1.54) is 59.9 Å². The van der Waals surface area contributed by atoms with E-state index >= 15 is 0 Å². The van der Waals surface area contributed by atoms with Crippen LogP contribution in [0.1, 0.15) is 20.3 Å². The van der Waals surface area contributed by atoms with Crippen molar-refractivity contribution in [2.75, 3.05) is 32.1 Å². The lowest BCUT2D eigenvalue weighted by atomic mass is 10.2. The van der Waals surface area contributed by atoms with E-state index in [4.69, 9.17) is 4.74 Å². The molecule has 0 bridgehead atoms. The Morgan fingerprint density at radius 3 is 2.12 bits per heavy atom. The van der Waals surface area contributed by atoms with E-state index in [9.17, 15) is 26.7 Å². The molecule has 0 aromatic heterocycles. The molecule has 0 radical (unpaired) electrons. The number of aliphatic hydroxyl groups excluding tert-OH is 1. The molecule has 1 amide bonds. The zero-order valence-electron chi connectivity index (χ0n) is 19.2. The van der Waals surface area contributed by atoms with Gasteiger partial charge in [0.25, 0.3) is 0 Å². The van der Waals surface area contributed by atoms with Gasteiger partial charge in [0.15, 0.2) is 0 Å². The maximum atomic E-state index is 13.1. The minimum Gasteiger partial charge on any atom is -0.497 e. The van der Waals surface area contributed by atoms with Gasteiger partial charge in [-0.05, 0) is 48.5 Å². The van der Waals surface area contributed by atoms with Crippen LogP contribution < -0.4 is 10.1 Å². The van der Waals surface area contributed by atoms with Crippen LogP contribution in [-0.2, 0) is 24.8 Å². The lowest BCUT2D eigenvalue weighted by molar-refractivity contribution is -0.119. The van der Waals surface area contributed by atoms with Gasteiger partial charge in [0.05, 0.1) is 23.0 Å². The monoisotopic (exact) mass is 511 g/mol. The molecule has 1 aliphatic rings. The van der Waals surface area contributed by atoms with Gasteiger partial charge in [0, 0.05) is 31.7 Å². The number of ether oxygens (including phenoxy) is 1. The number of sulfonamides is 2. The van der Waals surface area contributed by atoms with Crippen LogP contribution in [0, 0.1) is 0 Å². The molecule has 34 heavy (non-hydrogen) atoms. The van der Waals surface area contributed by atoms with Crippen molar-refractivity contribution in [1.82, 2.24) is 8.61 Å². The van der Waals surface area contributed by atoms with Crippen LogP contribution in [0.4, 0.5) is 5.69 Å². The van der Waals surface area contributed by atoms with E-state index in [1.54, 1.807) is 13.8 Å². The van der Waals surface area contributed by atoms with Crippen LogP contribution in [0.25, 0.3) is 0 Å². The molecule has 1 saturated heterocycles. The van der Waals surface area contributed by atoms with E-state index in [1.807, 2.05) is 0 Å². The number of hydrogen-bond acceptors (Lipinski definition) is 7. The van der Waals surface area contributed by atoms with E-state index in [2.05, 4.69) is 5.32 Å². The smallest absolute Gasteiger partial charge is 0.243 e. The van der Waals surface area contributed by atoms with Crippen molar-refractivity contribution in [2.24, 2.45) is 0 Å². The summed E-state index contributed by atoms with van der Waals surface area (Å²) in [5.41, 5.74) is 0.312. The highest BCUT2D eigenvalue weighted by Crippen LogP contribution is 2.28. The molecule has 186 valence electrons. The Balaban J connectivity index is 1.79. The summed E-state index contributed by atoms with van der Waals surface area (Å²) >= 11 is 0. The Morgan fingerprint density at radius 2 is 1.59 bits per heavy atom. The fourth-order valence-electron chi connectivity index (χ4n) is 3.82. The third kappa shape index (κ3) is 5.26. The third-order valence-corrected chi connectivity index (χ3v) is 9.62. The molecule has 0 spiro atoms. The average molecular weight is 512 g/mol. The zero-order valence-corrected chi connectivity index (χ0v) is 20.8. The van der Waals surface area contributed by atoms with Crippen LogP contribution in [0.15, 0.2) is 58.3 Å². The van der Waals surface area contributed by atoms with E-state index in [0.29, 0.717) is 24.5 Å². The van der Waals surface area contributed by atoms with E-state index in [0.717, 1.165) is 4.31 Å². The maximum Gasteiger partial charge on any atom is 0.243 e. The number of nitrogens with zero attached hydrogens (tertiary/aromatic N) is 2. The molecule has 12 heteroatoms. The minimum absolute atomic E-state index is 0.0221. The fourth-order valence-corrected chi connectivity index (χ4v) is 6.91. The lowest BCUT2D eigenvalue weighted by Gasteiger charge is -2.23. The number of rotatable bonds is 9.